The van der Waals surface area contributed by atoms with Gasteiger partial charge in [-0.2, -0.15) is 18.3 Å². The maximum absolute atomic E-state index is 12.8. The van der Waals surface area contributed by atoms with Crippen LogP contribution in [0.3, 0.4) is 0 Å². The first-order valence-corrected chi connectivity index (χ1v) is 7.06. The average molecular weight is 326 g/mol. The summed E-state index contributed by atoms with van der Waals surface area (Å²) in [6.07, 6.45) is -1.71. The first kappa shape index (κ1) is 17.0. The van der Waals surface area contributed by atoms with Crippen molar-refractivity contribution < 1.29 is 18.0 Å². The van der Waals surface area contributed by atoms with Crippen LogP contribution >= 0.6 is 0 Å². The van der Waals surface area contributed by atoms with E-state index in [2.05, 4.69) is 15.4 Å². The number of hydrogen-bond acceptors (Lipinski definition) is 3. The highest BCUT2D eigenvalue weighted by atomic mass is 19.4. The fourth-order valence-electron chi connectivity index (χ4n) is 2.22. The van der Waals surface area contributed by atoms with Crippen molar-refractivity contribution >= 4 is 5.91 Å². The number of hydrogen-bond donors (Lipinski definition) is 1. The number of amides is 1. The first-order valence-electron chi connectivity index (χ1n) is 7.06. The fraction of sp³-hybridized carbons (Fsp3) is 0.400. The molecule has 124 valence electrons. The molecule has 0 aliphatic heterocycles. The van der Waals surface area contributed by atoms with Crippen molar-refractivity contribution in [2.45, 2.75) is 32.6 Å². The second-order valence-corrected chi connectivity index (χ2v) is 5.51. The van der Waals surface area contributed by atoms with Gasteiger partial charge in [-0.3, -0.25) is 4.79 Å². The van der Waals surface area contributed by atoms with Crippen LogP contribution in [0.4, 0.5) is 13.2 Å². The Labute approximate surface area is 131 Å². The summed E-state index contributed by atoms with van der Waals surface area (Å²) in [5.41, 5.74) is -0.312. The third-order valence-electron chi connectivity index (χ3n) is 3.33. The van der Waals surface area contributed by atoms with Crippen LogP contribution in [-0.2, 0) is 17.5 Å². The minimum absolute atomic E-state index is 0.0395. The third kappa shape index (κ3) is 4.54. The Morgan fingerprint density at radius 1 is 1.35 bits per heavy atom. The highest BCUT2D eigenvalue weighted by Crippen LogP contribution is 2.32. The smallest absolute Gasteiger partial charge is 0.347 e. The lowest BCUT2D eigenvalue weighted by Crippen LogP contribution is -2.34. The highest BCUT2D eigenvalue weighted by Gasteiger charge is 2.31. The molecule has 1 heterocycles. The summed E-state index contributed by atoms with van der Waals surface area (Å²) < 4.78 is 39.9. The minimum atomic E-state index is -4.41. The standard InChI is InChI=1S/C15H17F3N4O/c1-10(2)14(21-13(23)7-22-9-19-8-20-22)11-4-3-5-12(6-11)15(16,17)18/h3-6,8-10,14H,7H2,1-2H3,(H,21,23). The molecule has 2 aromatic rings. The molecule has 0 saturated heterocycles. The van der Waals surface area contributed by atoms with E-state index in [9.17, 15) is 18.0 Å². The molecule has 8 heteroatoms. The summed E-state index contributed by atoms with van der Waals surface area (Å²) in [5, 5.41) is 6.58. The zero-order chi connectivity index (χ0) is 17.0. The van der Waals surface area contributed by atoms with Crippen LogP contribution in [-0.4, -0.2) is 20.7 Å². The number of halogens is 3. The summed E-state index contributed by atoms with van der Waals surface area (Å²) >= 11 is 0. The van der Waals surface area contributed by atoms with Crippen LogP contribution in [0.5, 0.6) is 0 Å². The van der Waals surface area contributed by atoms with E-state index < -0.39 is 17.8 Å². The quantitative estimate of drug-likeness (QED) is 0.919. The molecule has 1 aromatic heterocycles. The van der Waals surface area contributed by atoms with E-state index in [0.717, 1.165) is 12.1 Å². The SMILES string of the molecule is CC(C)C(NC(=O)Cn1cncn1)c1cccc(C(F)(F)F)c1. The summed E-state index contributed by atoms with van der Waals surface area (Å²) in [4.78, 5) is 15.8. The number of nitrogens with zero attached hydrogens (tertiary/aromatic N) is 3. The van der Waals surface area contributed by atoms with Gasteiger partial charge in [-0.15, -0.1) is 0 Å². The van der Waals surface area contributed by atoms with Crippen molar-refractivity contribution in [2.75, 3.05) is 0 Å². The van der Waals surface area contributed by atoms with Crippen LogP contribution in [0.15, 0.2) is 36.9 Å². The monoisotopic (exact) mass is 326 g/mol. The maximum atomic E-state index is 12.8. The Kier molecular flexibility index (Phi) is 5.02. The van der Waals surface area contributed by atoms with Gasteiger partial charge in [0.1, 0.15) is 19.2 Å². The molecule has 2 rings (SSSR count). The molecule has 1 N–H and O–H groups in total. The van der Waals surface area contributed by atoms with E-state index in [-0.39, 0.29) is 18.4 Å². The van der Waals surface area contributed by atoms with Gasteiger partial charge in [0.05, 0.1) is 11.6 Å². The van der Waals surface area contributed by atoms with Gasteiger partial charge in [0.15, 0.2) is 0 Å². The molecule has 1 unspecified atom stereocenters. The fourth-order valence-corrected chi connectivity index (χ4v) is 2.22. The lowest BCUT2D eigenvalue weighted by atomic mass is 9.94. The lowest BCUT2D eigenvalue weighted by Gasteiger charge is -2.23. The van der Waals surface area contributed by atoms with Crippen LogP contribution in [0.1, 0.15) is 31.0 Å². The second-order valence-electron chi connectivity index (χ2n) is 5.51. The van der Waals surface area contributed by atoms with Gasteiger partial charge >= 0.3 is 6.18 Å². The molecule has 0 aliphatic carbocycles. The number of carbonyl (C=O) groups is 1. The van der Waals surface area contributed by atoms with Gasteiger partial charge in [-0.25, -0.2) is 9.67 Å². The molecule has 1 amide bonds. The van der Waals surface area contributed by atoms with Crippen LogP contribution in [0.2, 0.25) is 0 Å². The average Bonchev–Trinajstić information content (AvgIpc) is 2.96. The summed E-state index contributed by atoms with van der Waals surface area (Å²) in [6.45, 7) is 3.63. The Morgan fingerprint density at radius 2 is 2.09 bits per heavy atom. The molecule has 5 nitrogen and oxygen atoms in total. The minimum Gasteiger partial charge on any atom is -0.347 e. The van der Waals surface area contributed by atoms with Crippen molar-refractivity contribution in [3.8, 4) is 0 Å². The van der Waals surface area contributed by atoms with Crippen molar-refractivity contribution in [3.05, 3.63) is 48.0 Å². The molecule has 0 spiro atoms. The molecular formula is C15H17F3N4O. The Hall–Kier alpha value is -2.38. The number of rotatable bonds is 5. The molecule has 0 radical (unpaired) electrons. The molecule has 1 atom stereocenters. The van der Waals surface area contributed by atoms with E-state index in [0.29, 0.717) is 5.56 Å². The number of carbonyl (C=O) groups excluding carboxylic acids is 1. The van der Waals surface area contributed by atoms with Crippen molar-refractivity contribution in [1.29, 1.82) is 0 Å². The van der Waals surface area contributed by atoms with Gasteiger partial charge in [-0.1, -0.05) is 26.0 Å². The molecule has 23 heavy (non-hydrogen) atoms. The first-order chi connectivity index (χ1) is 10.8. The molecular weight excluding hydrogens is 309 g/mol. The zero-order valence-electron chi connectivity index (χ0n) is 12.7. The predicted molar refractivity (Wildman–Crippen MR) is 77.2 cm³/mol. The Bertz CT molecular complexity index is 653. The van der Waals surface area contributed by atoms with Gasteiger partial charge in [-0.05, 0) is 23.6 Å². The van der Waals surface area contributed by atoms with Crippen LogP contribution in [0.25, 0.3) is 0 Å². The van der Waals surface area contributed by atoms with Crippen molar-refractivity contribution in [2.24, 2.45) is 5.92 Å². The summed E-state index contributed by atoms with van der Waals surface area (Å²) in [6, 6.07) is 4.49. The van der Waals surface area contributed by atoms with E-state index in [4.69, 9.17) is 0 Å². The van der Waals surface area contributed by atoms with Crippen LogP contribution < -0.4 is 5.32 Å². The summed E-state index contributed by atoms with van der Waals surface area (Å²) in [5.74, 6) is -0.412. The van der Waals surface area contributed by atoms with Gasteiger partial charge < -0.3 is 5.32 Å². The number of alkyl halides is 3. The lowest BCUT2D eigenvalue weighted by molar-refractivity contribution is -0.137. The van der Waals surface area contributed by atoms with Gasteiger partial charge in [0.25, 0.3) is 0 Å². The number of aromatic nitrogens is 3. The largest absolute Gasteiger partial charge is 0.416 e. The van der Waals surface area contributed by atoms with Crippen molar-refractivity contribution in [1.82, 2.24) is 20.1 Å². The predicted octanol–water partition coefficient (Wildman–Crippen LogP) is 2.81. The molecule has 0 fully saturated rings. The third-order valence-corrected chi connectivity index (χ3v) is 3.33. The van der Waals surface area contributed by atoms with Gasteiger partial charge in [0, 0.05) is 0 Å². The highest BCUT2D eigenvalue weighted by molar-refractivity contribution is 5.76. The van der Waals surface area contributed by atoms with E-state index in [1.807, 2.05) is 13.8 Å². The van der Waals surface area contributed by atoms with E-state index >= 15 is 0 Å². The van der Waals surface area contributed by atoms with Gasteiger partial charge in [0.2, 0.25) is 5.91 Å². The van der Waals surface area contributed by atoms with E-state index in [1.165, 1.54) is 23.4 Å². The molecule has 0 bridgehead atoms. The number of nitrogens with one attached hydrogen (secondary N) is 1. The summed E-state index contributed by atoms with van der Waals surface area (Å²) in [7, 11) is 0. The second kappa shape index (κ2) is 6.80. The normalized spacial score (nSPS) is 13.1. The molecule has 1 aromatic carbocycles. The Morgan fingerprint density at radius 3 is 2.65 bits per heavy atom. The Balaban J connectivity index is 2.17. The topological polar surface area (TPSA) is 59.8 Å². The number of benzene rings is 1. The molecule has 0 saturated carbocycles. The maximum Gasteiger partial charge on any atom is 0.416 e. The molecule has 0 aliphatic rings. The zero-order valence-corrected chi connectivity index (χ0v) is 12.7. The van der Waals surface area contributed by atoms with Crippen LogP contribution in [0, 0.1) is 5.92 Å². The van der Waals surface area contributed by atoms with Crippen molar-refractivity contribution in [3.63, 3.8) is 0 Å². The van der Waals surface area contributed by atoms with E-state index in [1.54, 1.807) is 6.07 Å².